The normalized spacial score (nSPS) is 11.6. The summed E-state index contributed by atoms with van der Waals surface area (Å²) in [4.78, 5) is 1.85. The third-order valence-corrected chi connectivity index (χ3v) is 4.49. The third-order valence-electron chi connectivity index (χ3n) is 2.79. The van der Waals surface area contributed by atoms with Crippen molar-refractivity contribution in [2.45, 2.75) is 4.90 Å². The Labute approximate surface area is 140 Å². The Balaban J connectivity index is 2.22. The van der Waals surface area contributed by atoms with E-state index in [0.29, 0.717) is 4.47 Å². The number of benzene rings is 2. The Kier molecular flexibility index (Phi) is 5.22. The summed E-state index contributed by atoms with van der Waals surface area (Å²) in [6.45, 7) is 0. The molecular formula is C14H12BrFN2O4S. The average Bonchev–Trinajstić information content (AvgIpc) is 2.50. The number of phenolic OH excluding ortho intramolecular Hbond substituents is 1. The van der Waals surface area contributed by atoms with Crippen molar-refractivity contribution < 1.29 is 22.7 Å². The van der Waals surface area contributed by atoms with E-state index in [1.165, 1.54) is 13.2 Å². The Hall–Kier alpha value is -2.13. The highest BCUT2D eigenvalue weighted by atomic mass is 79.9. The zero-order valence-corrected chi connectivity index (χ0v) is 14.2. The molecule has 9 heteroatoms. The largest absolute Gasteiger partial charge is 0.504 e. The molecule has 23 heavy (non-hydrogen) atoms. The minimum absolute atomic E-state index is 0.132. The van der Waals surface area contributed by atoms with Gasteiger partial charge in [-0.2, -0.15) is 13.5 Å². The van der Waals surface area contributed by atoms with Gasteiger partial charge < -0.3 is 9.84 Å². The first-order valence-corrected chi connectivity index (χ1v) is 8.48. The molecule has 0 aliphatic rings. The number of halogens is 2. The lowest BCUT2D eigenvalue weighted by Gasteiger charge is -2.07. The lowest BCUT2D eigenvalue weighted by atomic mass is 10.2. The van der Waals surface area contributed by atoms with E-state index in [-0.39, 0.29) is 22.0 Å². The van der Waals surface area contributed by atoms with Gasteiger partial charge in [0.05, 0.1) is 18.2 Å². The molecule has 2 aromatic carbocycles. The van der Waals surface area contributed by atoms with E-state index in [1.807, 2.05) is 4.83 Å². The Morgan fingerprint density at radius 3 is 2.57 bits per heavy atom. The van der Waals surface area contributed by atoms with Crippen LogP contribution in [0.5, 0.6) is 11.5 Å². The molecule has 2 aromatic rings. The Morgan fingerprint density at radius 2 is 1.96 bits per heavy atom. The second-order valence-electron chi connectivity index (χ2n) is 4.35. The van der Waals surface area contributed by atoms with Crippen LogP contribution in [0.4, 0.5) is 4.39 Å². The van der Waals surface area contributed by atoms with Gasteiger partial charge in [0.1, 0.15) is 5.82 Å². The van der Waals surface area contributed by atoms with Crippen LogP contribution < -0.4 is 9.57 Å². The van der Waals surface area contributed by atoms with Crippen LogP contribution in [0.25, 0.3) is 0 Å². The number of hydrogen-bond acceptors (Lipinski definition) is 5. The molecule has 0 aliphatic carbocycles. The molecule has 0 aromatic heterocycles. The quantitative estimate of drug-likeness (QED) is 0.594. The van der Waals surface area contributed by atoms with Crippen molar-refractivity contribution in [3.05, 3.63) is 52.3 Å². The van der Waals surface area contributed by atoms with Crippen LogP contribution in [0.1, 0.15) is 5.56 Å². The highest BCUT2D eigenvalue weighted by Crippen LogP contribution is 2.32. The molecule has 0 fully saturated rings. The van der Waals surface area contributed by atoms with E-state index in [1.54, 1.807) is 6.07 Å². The monoisotopic (exact) mass is 402 g/mol. The van der Waals surface area contributed by atoms with Crippen LogP contribution in [-0.2, 0) is 10.0 Å². The van der Waals surface area contributed by atoms with Crippen LogP contribution in [0.3, 0.4) is 0 Å². The molecule has 6 nitrogen and oxygen atoms in total. The Morgan fingerprint density at radius 1 is 1.30 bits per heavy atom. The summed E-state index contributed by atoms with van der Waals surface area (Å²) in [5.74, 6) is -0.513. The van der Waals surface area contributed by atoms with Crippen LogP contribution in [0.15, 0.2) is 50.9 Å². The molecule has 2 rings (SSSR count). The van der Waals surface area contributed by atoms with Gasteiger partial charge in [-0.15, -0.1) is 0 Å². The molecule has 0 heterocycles. The molecule has 0 saturated carbocycles. The van der Waals surface area contributed by atoms with E-state index < -0.39 is 15.8 Å². The molecule has 0 atom stereocenters. The van der Waals surface area contributed by atoms with E-state index in [2.05, 4.69) is 21.0 Å². The molecule has 0 unspecified atom stereocenters. The number of methoxy groups -OCH3 is 1. The van der Waals surface area contributed by atoms with Gasteiger partial charge in [-0.3, -0.25) is 0 Å². The van der Waals surface area contributed by atoms with Gasteiger partial charge in [-0.1, -0.05) is 15.9 Å². The van der Waals surface area contributed by atoms with Crippen molar-refractivity contribution in [2.75, 3.05) is 7.11 Å². The first-order valence-electron chi connectivity index (χ1n) is 6.20. The summed E-state index contributed by atoms with van der Waals surface area (Å²) >= 11 is 3.24. The van der Waals surface area contributed by atoms with Crippen LogP contribution in [0, 0.1) is 5.82 Å². The lowest BCUT2D eigenvalue weighted by Crippen LogP contribution is -2.18. The Bertz CT molecular complexity index is 839. The summed E-state index contributed by atoms with van der Waals surface area (Å²) in [5.41, 5.74) is 0.248. The molecule has 0 radical (unpaired) electrons. The van der Waals surface area contributed by atoms with Gasteiger partial charge in [0.15, 0.2) is 11.5 Å². The number of sulfonamides is 1. The zero-order valence-electron chi connectivity index (χ0n) is 11.8. The lowest BCUT2D eigenvalue weighted by molar-refractivity contribution is 0.373. The van der Waals surface area contributed by atoms with Crippen molar-refractivity contribution >= 4 is 32.2 Å². The van der Waals surface area contributed by atoms with Gasteiger partial charge >= 0.3 is 0 Å². The molecule has 0 spiro atoms. The van der Waals surface area contributed by atoms with Crippen LogP contribution >= 0.6 is 15.9 Å². The standard InChI is InChI=1S/C14H12BrFN2O4S/c1-22-13-7-10(15)6-9(14(13)19)8-17-18-23(20,21)12-4-2-11(16)3-5-12/h2-8,18-19H,1H3/b17-8+. The number of phenols is 1. The number of ether oxygens (including phenoxy) is 1. The maximum atomic E-state index is 12.8. The predicted octanol–water partition coefficient (Wildman–Crippen LogP) is 2.61. The maximum absolute atomic E-state index is 12.8. The highest BCUT2D eigenvalue weighted by Gasteiger charge is 2.13. The minimum Gasteiger partial charge on any atom is -0.504 e. The van der Waals surface area contributed by atoms with Gasteiger partial charge in [0, 0.05) is 10.0 Å². The van der Waals surface area contributed by atoms with Crippen molar-refractivity contribution in [2.24, 2.45) is 5.10 Å². The summed E-state index contributed by atoms with van der Waals surface area (Å²) in [7, 11) is -2.54. The SMILES string of the molecule is COc1cc(Br)cc(/C=N/NS(=O)(=O)c2ccc(F)cc2)c1O. The third kappa shape index (κ3) is 4.20. The van der Waals surface area contributed by atoms with E-state index >= 15 is 0 Å². The second-order valence-corrected chi connectivity index (χ2v) is 6.93. The van der Waals surface area contributed by atoms with Crippen molar-refractivity contribution in [1.29, 1.82) is 0 Å². The van der Waals surface area contributed by atoms with Crippen molar-refractivity contribution in [3.63, 3.8) is 0 Å². The molecule has 122 valence electrons. The fourth-order valence-electron chi connectivity index (χ4n) is 1.68. The number of hydrogen-bond donors (Lipinski definition) is 2. The number of aromatic hydroxyl groups is 1. The van der Waals surface area contributed by atoms with Gasteiger partial charge in [-0.05, 0) is 36.4 Å². The number of hydrazone groups is 1. The van der Waals surface area contributed by atoms with E-state index in [9.17, 15) is 17.9 Å². The van der Waals surface area contributed by atoms with Gasteiger partial charge in [-0.25, -0.2) is 9.22 Å². The van der Waals surface area contributed by atoms with Gasteiger partial charge in [0.2, 0.25) is 0 Å². The highest BCUT2D eigenvalue weighted by molar-refractivity contribution is 9.10. The number of nitrogens with one attached hydrogen (secondary N) is 1. The summed E-state index contributed by atoms with van der Waals surface area (Å²) in [6, 6.07) is 7.38. The number of nitrogens with zero attached hydrogens (tertiary/aromatic N) is 1. The molecule has 2 N–H and O–H groups in total. The van der Waals surface area contributed by atoms with Crippen LogP contribution in [0.2, 0.25) is 0 Å². The smallest absolute Gasteiger partial charge is 0.276 e. The average molecular weight is 403 g/mol. The number of rotatable bonds is 5. The molecule has 0 bridgehead atoms. The topological polar surface area (TPSA) is 88.0 Å². The first kappa shape index (κ1) is 17.2. The maximum Gasteiger partial charge on any atom is 0.276 e. The first-order chi connectivity index (χ1) is 10.8. The fourth-order valence-corrected chi connectivity index (χ4v) is 2.93. The van der Waals surface area contributed by atoms with E-state index in [0.717, 1.165) is 30.5 Å². The molecule has 0 saturated heterocycles. The van der Waals surface area contributed by atoms with Gasteiger partial charge in [0.25, 0.3) is 10.0 Å². The molecule has 0 aliphatic heterocycles. The van der Waals surface area contributed by atoms with Crippen molar-refractivity contribution in [1.82, 2.24) is 4.83 Å². The molecule has 0 amide bonds. The van der Waals surface area contributed by atoms with Crippen molar-refractivity contribution in [3.8, 4) is 11.5 Å². The van der Waals surface area contributed by atoms with E-state index in [4.69, 9.17) is 4.74 Å². The predicted molar refractivity (Wildman–Crippen MR) is 86.7 cm³/mol. The summed E-state index contributed by atoms with van der Waals surface area (Å²) < 4.78 is 42.3. The summed E-state index contributed by atoms with van der Waals surface area (Å²) in [6.07, 6.45) is 1.13. The minimum atomic E-state index is -3.93. The fraction of sp³-hybridized carbons (Fsp3) is 0.0714. The molecular weight excluding hydrogens is 391 g/mol. The summed E-state index contributed by atoms with van der Waals surface area (Å²) in [5, 5.41) is 13.5. The second kappa shape index (κ2) is 6.97. The van der Waals surface area contributed by atoms with Crippen LogP contribution in [-0.4, -0.2) is 26.8 Å². The zero-order chi connectivity index (χ0) is 17.0.